The highest BCUT2D eigenvalue weighted by Crippen LogP contribution is 2.29. The van der Waals surface area contributed by atoms with Crippen LogP contribution < -0.4 is 5.32 Å². The third kappa shape index (κ3) is 2.87. The first-order chi connectivity index (χ1) is 9.36. The van der Waals surface area contributed by atoms with Crippen LogP contribution in [0.4, 0.5) is 4.39 Å². The molecular formula is C14H21FN2O2S. The second-order valence-electron chi connectivity index (χ2n) is 5.56. The largest absolute Gasteiger partial charge is 0.316 e. The number of nitrogens with zero attached hydrogens (tertiary/aromatic N) is 1. The fraction of sp³-hybridized carbons (Fsp3) is 0.571. The zero-order valence-corrected chi connectivity index (χ0v) is 12.9. The van der Waals surface area contributed by atoms with Crippen molar-refractivity contribution in [2.24, 2.45) is 11.8 Å². The molecule has 1 N–H and O–H groups in total. The number of halogens is 1. The van der Waals surface area contributed by atoms with E-state index in [4.69, 9.17) is 0 Å². The second-order valence-corrected chi connectivity index (χ2v) is 7.47. The van der Waals surface area contributed by atoms with Crippen molar-refractivity contribution in [3.63, 3.8) is 0 Å². The standard InChI is InChI=1S/C14H21FN2O2S/c1-10-8-17(9-11(10)2)20(18,19)14-6-13(15)5-4-12(14)7-16-3/h4-6,10-11,16H,7-9H2,1-3H3. The average molecular weight is 300 g/mol. The van der Waals surface area contributed by atoms with E-state index in [2.05, 4.69) is 5.32 Å². The van der Waals surface area contributed by atoms with E-state index < -0.39 is 15.8 Å². The van der Waals surface area contributed by atoms with Crippen molar-refractivity contribution in [2.45, 2.75) is 25.3 Å². The van der Waals surface area contributed by atoms with Gasteiger partial charge in [-0.2, -0.15) is 4.31 Å². The predicted molar refractivity (Wildman–Crippen MR) is 76.3 cm³/mol. The number of benzene rings is 1. The molecule has 2 atom stereocenters. The molecule has 1 heterocycles. The monoisotopic (exact) mass is 300 g/mol. The van der Waals surface area contributed by atoms with E-state index in [0.717, 1.165) is 6.07 Å². The highest BCUT2D eigenvalue weighted by molar-refractivity contribution is 7.89. The van der Waals surface area contributed by atoms with E-state index in [1.807, 2.05) is 13.8 Å². The molecule has 20 heavy (non-hydrogen) atoms. The van der Waals surface area contributed by atoms with Crippen molar-refractivity contribution >= 4 is 10.0 Å². The second kappa shape index (κ2) is 5.79. The summed E-state index contributed by atoms with van der Waals surface area (Å²) in [6.07, 6.45) is 0. The summed E-state index contributed by atoms with van der Waals surface area (Å²) in [5.74, 6) is 0.126. The first-order valence-corrected chi connectivity index (χ1v) is 8.23. The van der Waals surface area contributed by atoms with Crippen molar-refractivity contribution < 1.29 is 12.8 Å². The summed E-state index contributed by atoms with van der Waals surface area (Å²) in [5.41, 5.74) is 0.598. The predicted octanol–water partition coefficient (Wildman–Crippen LogP) is 1.82. The van der Waals surface area contributed by atoms with Gasteiger partial charge in [0.25, 0.3) is 0 Å². The lowest BCUT2D eigenvalue weighted by Crippen LogP contribution is -2.30. The summed E-state index contributed by atoms with van der Waals surface area (Å²) in [5, 5.41) is 2.92. The van der Waals surface area contributed by atoms with Crippen molar-refractivity contribution in [3.8, 4) is 0 Å². The molecule has 4 nitrogen and oxygen atoms in total. The zero-order valence-electron chi connectivity index (χ0n) is 12.1. The molecule has 0 saturated carbocycles. The molecule has 2 unspecified atom stereocenters. The van der Waals surface area contributed by atoms with E-state index in [0.29, 0.717) is 37.0 Å². The summed E-state index contributed by atoms with van der Waals surface area (Å²) >= 11 is 0. The average Bonchev–Trinajstić information content (AvgIpc) is 2.73. The van der Waals surface area contributed by atoms with Gasteiger partial charge < -0.3 is 5.32 Å². The SMILES string of the molecule is CNCc1ccc(F)cc1S(=O)(=O)N1CC(C)C(C)C1. The Kier molecular flexibility index (Phi) is 4.46. The van der Waals surface area contributed by atoms with Crippen LogP contribution in [0.1, 0.15) is 19.4 Å². The first-order valence-electron chi connectivity index (χ1n) is 6.79. The number of hydrogen-bond acceptors (Lipinski definition) is 3. The van der Waals surface area contributed by atoms with Gasteiger partial charge in [-0.25, -0.2) is 12.8 Å². The molecule has 1 aliphatic heterocycles. The number of sulfonamides is 1. The molecule has 1 saturated heterocycles. The molecular weight excluding hydrogens is 279 g/mol. The Morgan fingerprint density at radius 1 is 1.30 bits per heavy atom. The van der Waals surface area contributed by atoms with Gasteiger partial charge in [-0.05, 0) is 36.6 Å². The first kappa shape index (κ1) is 15.4. The Bertz CT molecular complexity index is 579. The van der Waals surface area contributed by atoms with Gasteiger partial charge in [0.1, 0.15) is 5.82 Å². The highest BCUT2D eigenvalue weighted by Gasteiger charge is 2.36. The van der Waals surface area contributed by atoms with Gasteiger partial charge in [-0.3, -0.25) is 0 Å². The van der Waals surface area contributed by atoms with E-state index in [1.165, 1.54) is 16.4 Å². The molecule has 6 heteroatoms. The maximum atomic E-state index is 13.5. The zero-order chi connectivity index (χ0) is 14.9. The number of rotatable bonds is 4. The quantitative estimate of drug-likeness (QED) is 0.923. The lowest BCUT2D eigenvalue weighted by atomic mass is 10.0. The summed E-state index contributed by atoms with van der Waals surface area (Å²) < 4.78 is 40.3. The van der Waals surface area contributed by atoms with Crippen LogP contribution in [0, 0.1) is 17.7 Å². The maximum absolute atomic E-state index is 13.5. The van der Waals surface area contributed by atoms with Crippen molar-refractivity contribution in [2.75, 3.05) is 20.1 Å². The van der Waals surface area contributed by atoms with Crippen LogP contribution in [0.3, 0.4) is 0 Å². The third-order valence-electron chi connectivity index (χ3n) is 3.97. The molecule has 0 amide bonds. The van der Waals surface area contributed by atoms with E-state index in [-0.39, 0.29) is 4.90 Å². The lowest BCUT2D eigenvalue weighted by molar-refractivity contribution is 0.461. The number of nitrogens with one attached hydrogen (secondary N) is 1. The van der Waals surface area contributed by atoms with Crippen molar-refractivity contribution in [1.82, 2.24) is 9.62 Å². The molecule has 0 aliphatic carbocycles. The molecule has 1 aromatic carbocycles. The van der Waals surface area contributed by atoms with Gasteiger partial charge in [0, 0.05) is 19.6 Å². The Hall–Kier alpha value is -0.980. The van der Waals surface area contributed by atoms with Crippen LogP contribution in [0.25, 0.3) is 0 Å². The molecule has 0 spiro atoms. The molecule has 1 aromatic rings. The normalized spacial score (nSPS) is 24.2. The van der Waals surface area contributed by atoms with E-state index in [1.54, 1.807) is 7.05 Å². The van der Waals surface area contributed by atoms with E-state index in [9.17, 15) is 12.8 Å². The minimum Gasteiger partial charge on any atom is -0.316 e. The van der Waals surface area contributed by atoms with Gasteiger partial charge in [-0.1, -0.05) is 19.9 Å². The van der Waals surface area contributed by atoms with Crippen LogP contribution in [0.5, 0.6) is 0 Å². The van der Waals surface area contributed by atoms with Gasteiger partial charge in [-0.15, -0.1) is 0 Å². The topological polar surface area (TPSA) is 49.4 Å². The van der Waals surface area contributed by atoms with Crippen LogP contribution in [0.2, 0.25) is 0 Å². The Morgan fingerprint density at radius 3 is 2.45 bits per heavy atom. The molecule has 112 valence electrons. The minimum atomic E-state index is -3.63. The smallest absolute Gasteiger partial charge is 0.243 e. The molecule has 0 bridgehead atoms. The van der Waals surface area contributed by atoms with Crippen molar-refractivity contribution in [1.29, 1.82) is 0 Å². The third-order valence-corrected chi connectivity index (χ3v) is 5.88. The van der Waals surface area contributed by atoms with Gasteiger partial charge in [0.05, 0.1) is 4.90 Å². The van der Waals surface area contributed by atoms with Crippen LogP contribution in [-0.2, 0) is 16.6 Å². The summed E-state index contributed by atoms with van der Waals surface area (Å²) in [6, 6.07) is 3.94. The summed E-state index contributed by atoms with van der Waals surface area (Å²) in [6.45, 7) is 5.48. The molecule has 1 aliphatic rings. The Balaban J connectivity index is 2.41. The molecule has 0 aromatic heterocycles. The lowest BCUT2D eigenvalue weighted by Gasteiger charge is -2.18. The number of hydrogen-bond donors (Lipinski definition) is 1. The minimum absolute atomic E-state index is 0.0770. The molecule has 1 fully saturated rings. The van der Waals surface area contributed by atoms with Crippen LogP contribution >= 0.6 is 0 Å². The maximum Gasteiger partial charge on any atom is 0.243 e. The van der Waals surface area contributed by atoms with Crippen LogP contribution in [0.15, 0.2) is 23.1 Å². The van der Waals surface area contributed by atoms with Gasteiger partial charge >= 0.3 is 0 Å². The Morgan fingerprint density at radius 2 is 1.90 bits per heavy atom. The van der Waals surface area contributed by atoms with Gasteiger partial charge in [0.2, 0.25) is 10.0 Å². The van der Waals surface area contributed by atoms with E-state index >= 15 is 0 Å². The van der Waals surface area contributed by atoms with Gasteiger partial charge in [0.15, 0.2) is 0 Å². The summed E-state index contributed by atoms with van der Waals surface area (Å²) in [7, 11) is -1.89. The highest BCUT2D eigenvalue weighted by atomic mass is 32.2. The summed E-state index contributed by atoms with van der Waals surface area (Å²) in [4.78, 5) is 0.0770. The van der Waals surface area contributed by atoms with Crippen molar-refractivity contribution in [3.05, 3.63) is 29.6 Å². The van der Waals surface area contributed by atoms with Crippen LogP contribution in [-0.4, -0.2) is 32.9 Å². The fourth-order valence-corrected chi connectivity index (χ4v) is 4.39. The molecule has 2 rings (SSSR count). The molecule has 0 radical (unpaired) electrons. The fourth-order valence-electron chi connectivity index (χ4n) is 2.52. The Labute approximate surface area is 120 Å².